The van der Waals surface area contributed by atoms with Crippen LogP contribution < -0.4 is 0 Å². The second-order valence-electron chi connectivity index (χ2n) is 7.40. The molecule has 0 N–H and O–H groups in total. The third-order valence-electron chi connectivity index (χ3n) is 5.46. The molecule has 0 radical (unpaired) electrons. The summed E-state index contributed by atoms with van der Waals surface area (Å²) < 4.78 is 20.6. The fraction of sp³-hybridized carbons (Fsp3) is 0.905. The van der Waals surface area contributed by atoms with Gasteiger partial charge in [-0.05, 0) is 19.3 Å². The summed E-state index contributed by atoms with van der Waals surface area (Å²) in [5.41, 5.74) is 0. The van der Waals surface area contributed by atoms with E-state index < -0.39 is 5.97 Å². The lowest BCUT2D eigenvalue weighted by Gasteiger charge is -2.28. The van der Waals surface area contributed by atoms with E-state index in [1.165, 1.54) is 38.5 Å². The van der Waals surface area contributed by atoms with E-state index in [1.54, 1.807) is 21.3 Å². The van der Waals surface area contributed by atoms with Crippen molar-refractivity contribution in [3.05, 3.63) is 0 Å². The molecule has 0 amide bonds. The highest BCUT2D eigenvalue weighted by atomic mass is 16.9. The molecule has 0 saturated carbocycles. The Balaban J connectivity index is 1.88. The Kier molecular flexibility index (Phi) is 12.5. The van der Waals surface area contributed by atoms with Gasteiger partial charge in [0.05, 0.1) is 5.92 Å². The zero-order chi connectivity index (χ0) is 20.0. The molecule has 1 heterocycles. The lowest BCUT2D eigenvalue weighted by Crippen LogP contribution is -2.35. The highest BCUT2D eigenvalue weighted by Crippen LogP contribution is 2.23. The highest BCUT2D eigenvalue weighted by molar-refractivity contribution is 5.89. The minimum atomic E-state index is -0.885. The van der Waals surface area contributed by atoms with Gasteiger partial charge in [-0.3, -0.25) is 9.59 Å². The second-order valence-corrected chi connectivity index (χ2v) is 7.40. The van der Waals surface area contributed by atoms with Crippen molar-refractivity contribution in [2.24, 2.45) is 5.92 Å². The number of methoxy groups -OCH3 is 3. The van der Waals surface area contributed by atoms with Crippen LogP contribution in [-0.2, 0) is 28.5 Å². The van der Waals surface area contributed by atoms with Gasteiger partial charge >= 0.3 is 11.9 Å². The van der Waals surface area contributed by atoms with Crippen molar-refractivity contribution in [2.75, 3.05) is 21.3 Å². The molecule has 0 aromatic heterocycles. The Hall–Kier alpha value is -0.980. The van der Waals surface area contributed by atoms with E-state index in [0.29, 0.717) is 12.8 Å². The summed E-state index contributed by atoms with van der Waals surface area (Å²) in [6.45, 7) is 0. The maximum Gasteiger partial charge on any atom is 0.316 e. The van der Waals surface area contributed by atoms with Crippen molar-refractivity contribution in [3.8, 4) is 0 Å². The van der Waals surface area contributed by atoms with Gasteiger partial charge in [0.15, 0.2) is 0 Å². The van der Waals surface area contributed by atoms with Crippen LogP contribution >= 0.6 is 0 Å². The maximum absolute atomic E-state index is 11.6. The molecule has 27 heavy (non-hydrogen) atoms. The van der Waals surface area contributed by atoms with Gasteiger partial charge in [0.25, 0.3) is 5.97 Å². The molecule has 0 spiro atoms. The average Bonchev–Trinajstić information content (AvgIpc) is 2.67. The first-order valence-electron chi connectivity index (χ1n) is 10.5. The molecule has 1 rings (SSSR count). The van der Waals surface area contributed by atoms with Crippen LogP contribution in [0.2, 0.25) is 0 Å². The number of hydrogen-bond donors (Lipinski definition) is 0. The van der Waals surface area contributed by atoms with Gasteiger partial charge < -0.3 is 18.9 Å². The maximum atomic E-state index is 11.6. The fourth-order valence-electron chi connectivity index (χ4n) is 3.62. The Morgan fingerprint density at radius 1 is 0.815 bits per heavy atom. The van der Waals surface area contributed by atoms with Gasteiger partial charge in [0.1, 0.15) is 0 Å². The monoisotopic (exact) mass is 386 g/mol. The minimum absolute atomic E-state index is 0.0595. The SMILES string of the molecule is COC(CCCCCCCCCCCCC1CCC(=O)OC1=O)(OC)OC. The van der Waals surface area contributed by atoms with Crippen LogP contribution in [0.1, 0.15) is 89.9 Å². The summed E-state index contributed by atoms with van der Waals surface area (Å²) in [6.07, 6.45) is 14.6. The molecule has 1 saturated heterocycles. The van der Waals surface area contributed by atoms with Crippen LogP contribution in [0.5, 0.6) is 0 Å². The standard InChI is InChI=1S/C21H38O6/c1-24-21(25-2,26-3)17-13-11-9-7-5-4-6-8-10-12-14-18-15-16-19(22)27-20(18)23/h18H,4-17H2,1-3H3. The lowest BCUT2D eigenvalue weighted by molar-refractivity contribution is -0.355. The number of cyclic esters (lactones) is 2. The lowest BCUT2D eigenvalue weighted by atomic mass is 9.94. The fourth-order valence-corrected chi connectivity index (χ4v) is 3.62. The first-order valence-corrected chi connectivity index (χ1v) is 10.5. The molecule has 1 aliphatic heterocycles. The molecule has 6 nitrogen and oxygen atoms in total. The van der Waals surface area contributed by atoms with Gasteiger partial charge in [-0.15, -0.1) is 0 Å². The number of rotatable bonds is 16. The summed E-state index contributed by atoms with van der Waals surface area (Å²) >= 11 is 0. The van der Waals surface area contributed by atoms with Gasteiger partial charge in [-0.2, -0.15) is 0 Å². The third-order valence-corrected chi connectivity index (χ3v) is 5.46. The number of esters is 2. The molecule has 158 valence electrons. The van der Waals surface area contributed by atoms with E-state index >= 15 is 0 Å². The Bertz CT molecular complexity index is 411. The zero-order valence-electron chi connectivity index (χ0n) is 17.4. The molecule has 0 aromatic rings. The summed E-state index contributed by atoms with van der Waals surface area (Å²) in [7, 11) is 4.82. The van der Waals surface area contributed by atoms with E-state index in [2.05, 4.69) is 4.74 Å². The average molecular weight is 387 g/mol. The van der Waals surface area contributed by atoms with Crippen molar-refractivity contribution in [1.82, 2.24) is 0 Å². The van der Waals surface area contributed by atoms with Crippen LogP contribution in [0.3, 0.4) is 0 Å². The molecule has 1 atom stereocenters. The third kappa shape index (κ3) is 9.67. The van der Waals surface area contributed by atoms with Crippen LogP contribution in [0.25, 0.3) is 0 Å². The molecular formula is C21H38O6. The summed E-state index contributed by atoms with van der Waals surface area (Å²) in [6, 6.07) is 0. The zero-order valence-corrected chi connectivity index (χ0v) is 17.4. The number of carbonyl (C=O) groups excluding carboxylic acids is 2. The predicted octanol–water partition coefficient (Wildman–Crippen LogP) is 4.74. The molecule has 0 aromatic carbocycles. The van der Waals surface area contributed by atoms with Crippen molar-refractivity contribution < 1.29 is 28.5 Å². The van der Waals surface area contributed by atoms with Gasteiger partial charge in [0, 0.05) is 34.2 Å². The Morgan fingerprint density at radius 2 is 1.30 bits per heavy atom. The van der Waals surface area contributed by atoms with Crippen molar-refractivity contribution in [2.45, 2.75) is 95.9 Å². The molecule has 0 bridgehead atoms. The van der Waals surface area contributed by atoms with Crippen LogP contribution in [-0.4, -0.2) is 39.2 Å². The number of carbonyl (C=O) groups is 2. The molecule has 1 unspecified atom stereocenters. The van der Waals surface area contributed by atoms with E-state index in [4.69, 9.17) is 14.2 Å². The topological polar surface area (TPSA) is 71.1 Å². The molecule has 6 heteroatoms. The van der Waals surface area contributed by atoms with Gasteiger partial charge in [-0.25, -0.2) is 0 Å². The number of hydrogen-bond acceptors (Lipinski definition) is 6. The second kappa shape index (κ2) is 14.1. The predicted molar refractivity (Wildman–Crippen MR) is 103 cm³/mol. The molecular weight excluding hydrogens is 348 g/mol. The molecule has 1 fully saturated rings. The highest BCUT2D eigenvalue weighted by Gasteiger charge is 2.29. The smallest absolute Gasteiger partial charge is 0.316 e. The first-order chi connectivity index (χ1) is 13.1. The van der Waals surface area contributed by atoms with E-state index in [-0.39, 0.29) is 17.9 Å². The normalized spacial score (nSPS) is 18.0. The summed E-state index contributed by atoms with van der Waals surface area (Å²) in [4.78, 5) is 22.6. The summed E-state index contributed by atoms with van der Waals surface area (Å²) in [5, 5.41) is 0. The molecule has 1 aliphatic rings. The molecule has 0 aliphatic carbocycles. The summed E-state index contributed by atoms with van der Waals surface area (Å²) in [5.74, 6) is -1.63. The van der Waals surface area contributed by atoms with E-state index in [0.717, 1.165) is 38.5 Å². The van der Waals surface area contributed by atoms with Crippen LogP contribution in [0.15, 0.2) is 0 Å². The van der Waals surface area contributed by atoms with Crippen LogP contribution in [0.4, 0.5) is 0 Å². The van der Waals surface area contributed by atoms with Gasteiger partial charge in [0.2, 0.25) is 0 Å². The first kappa shape index (κ1) is 24.1. The number of ether oxygens (including phenoxy) is 4. The minimum Gasteiger partial charge on any atom is -0.393 e. The van der Waals surface area contributed by atoms with Crippen molar-refractivity contribution in [3.63, 3.8) is 0 Å². The Morgan fingerprint density at radius 3 is 1.78 bits per heavy atom. The van der Waals surface area contributed by atoms with Crippen molar-refractivity contribution in [1.29, 1.82) is 0 Å². The quantitative estimate of drug-likeness (QED) is 0.165. The van der Waals surface area contributed by atoms with E-state index in [1.807, 2.05) is 0 Å². The van der Waals surface area contributed by atoms with E-state index in [9.17, 15) is 9.59 Å². The largest absolute Gasteiger partial charge is 0.393 e. The van der Waals surface area contributed by atoms with Gasteiger partial charge in [-0.1, -0.05) is 57.8 Å². The van der Waals surface area contributed by atoms with Crippen LogP contribution in [0, 0.1) is 5.92 Å². The Labute approximate surface area is 164 Å². The number of unbranched alkanes of at least 4 members (excludes halogenated alkanes) is 9. The van der Waals surface area contributed by atoms with Crippen molar-refractivity contribution >= 4 is 11.9 Å².